The number of nitrogens with zero attached hydrogens (tertiary/aromatic N) is 1. The molecule has 1 atom stereocenters. The van der Waals surface area contributed by atoms with E-state index >= 15 is 0 Å². The molecule has 1 aromatic carbocycles. The van der Waals surface area contributed by atoms with Crippen LogP contribution >= 0.6 is 0 Å². The van der Waals surface area contributed by atoms with E-state index in [1.807, 2.05) is 0 Å². The first-order valence-corrected chi connectivity index (χ1v) is 8.70. The number of rotatable bonds is 4. The third-order valence-electron chi connectivity index (χ3n) is 4.45. The molecular weight excluding hydrogens is 371 g/mol. The number of aromatic nitrogens is 1. The van der Waals surface area contributed by atoms with Gasteiger partial charge in [0.25, 0.3) is 0 Å². The Kier molecular flexibility index (Phi) is 5.06. The summed E-state index contributed by atoms with van der Waals surface area (Å²) in [5, 5.41) is 3.04. The molecule has 0 bridgehead atoms. The van der Waals surface area contributed by atoms with E-state index < -0.39 is 23.6 Å². The molecule has 0 radical (unpaired) electrons. The van der Waals surface area contributed by atoms with Gasteiger partial charge in [-0.3, -0.25) is 4.79 Å². The second kappa shape index (κ2) is 7.18. The average molecular weight is 391 g/mol. The molecule has 1 unspecified atom stereocenters. The van der Waals surface area contributed by atoms with Crippen molar-refractivity contribution < 1.29 is 22.7 Å². The minimum atomic E-state index is -4.60. The second-order valence-electron chi connectivity index (χ2n) is 6.79. The topological polar surface area (TPSA) is 77.2 Å². The highest BCUT2D eigenvalue weighted by Gasteiger charge is 2.41. The molecule has 2 heterocycles. The molecule has 1 aliphatic rings. The van der Waals surface area contributed by atoms with Gasteiger partial charge in [0.15, 0.2) is 0 Å². The van der Waals surface area contributed by atoms with E-state index in [0.717, 1.165) is 6.07 Å². The van der Waals surface area contributed by atoms with Gasteiger partial charge in [-0.25, -0.2) is 4.98 Å². The molecule has 8 heteroatoms. The summed E-state index contributed by atoms with van der Waals surface area (Å²) in [7, 11) is 0. The molecule has 148 valence electrons. The molecule has 0 aliphatic carbocycles. The Morgan fingerprint density at radius 3 is 2.54 bits per heavy atom. The normalized spacial score (nSPS) is 16.6. The third-order valence-corrected chi connectivity index (χ3v) is 4.45. The lowest BCUT2D eigenvalue weighted by molar-refractivity contribution is -0.138. The SMILES string of the molecule is CC1=C(C(N)=O)C(c2ccccc2C(F)(F)F)c2c(ccnc2OC(C)C)N1. The zero-order valence-corrected chi connectivity index (χ0v) is 15.6. The highest BCUT2D eigenvalue weighted by Crippen LogP contribution is 2.48. The van der Waals surface area contributed by atoms with Crippen molar-refractivity contribution in [1.82, 2.24) is 4.98 Å². The van der Waals surface area contributed by atoms with E-state index in [2.05, 4.69) is 10.3 Å². The maximum absolute atomic E-state index is 13.7. The zero-order valence-electron chi connectivity index (χ0n) is 15.6. The number of hydrogen-bond donors (Lipinski definition) is 2. The van der Waals surface area contributed by atoms with Crippen molar-refractivity contribution in [3.05, 3.63) is 64.5 Å². The van der Waals surface area contributed by atoms with Crippen LogP contribution in [-0.2, 0) is 11.0 Å². The molecule has 5 nitrogen and oxygen atoms in total. The number of carbonyl (C=O) groups is 1. The Hall–Kier alpha value is -3.03. The summed E-state index contributed by atoms with van der Waals surface area (Å²) in [6.45, 7) is 5.17. The Balaban J connectivity index is 2.35. The van der Waals surface area contributed by atoms with Crippen LogP contribution in [0.4, 0.5) is 18.9 Å². The highest BCUT2D eigenvalue weighted by atomic mass is 19.4. The number of nitrogens with one attached hydrogen (secondary N) is 1. The van der Waals surface area contributed by atoms with Crippen LogP contribution in [0.25, 0.3) is 0 Å². The van der Waals surface area contributed by atoms with Gasteiger partial charge in [-0.15, -0.1) is 0 Å². The van der Waals surface area contributed by atoms with Gasteiger partial charge in [0.2, 0.25) is 11.8 Å². The average Bonchev–Trinajstić information content (AvgIpc) is 2.59. The van der Waals surface area contributed by atoms with Crippen LogP contribution in [0.15, 0.2) is 47.8 Å². The minimum absolute atomic E-state index is 0.0470. The summed E-state index contributed by atoms with van der Waals surface area (Å²) in [6, 6.07) is 6.78. The first-order chi connectivity index (χ1) is 13.1. The van der Waals surface area contributed by atoms with E-state index in [1.165, 1.54) is 24.4 Å². The van der Waals surface area contributed by atoms with Crippen LogP contribution in [-0.4, -0.2) is 17.0 Å². The van der Waals surface area contributed by atoms with Crippen molar-refractivity contribution in [2.24, 2.45) is 5.73 Å². The lowest BCUT2D eigenvalue weighted by atomic mass is 9.79. The lowest BCUT2D eigenvalue weighted by Crippen LogP contribution is -2.29. The standard InChI is InChI=1S/C20H20F3N3O2/c1-10(2)28-19-17-14(8-9-25-19)26-11(3)15(18(24)27)16(17)12-6-4-5-7-13(12)20(21,22)23/h4-10,16,26H,1-3H3,(H2,24,27). The molecule has 1 amide bonds. The van der Waals surface area contributed by atoms with E-state index in [-0.39, 0.29) is 23.1 Å². The van der Waals surface area contributed by atoms with E-state index in [0.29, 0.717) is 16.9 Å². The number of benzene rings is 1. The maximum Gasteiger partial charge on any atom is 0.416 e. The fourth-order valence-electron chi connectivity index (χ4n) is 3.43. The molecule has 0 fully saturated rings. The summed E-state index contributed by atoms with van der Waals surface area (Å²) in [4.78, 5) is 16.4. The van der Waals surface area contributed by atoms with Gasteiger partial charge in [0.1, 0.15) is 0 Å². The summed E-state index contributed by atoms with van der Waals surface area (Å²) in [6.07, 6.45) is -3.36. The Morgan fingerprint density at radius 2 is 1.93 bits per heavy atom. The van der Waals surface area contributed by atoms with Crippen molar-refractivity contribution in [3.8, 4) is 5.88 Å². The molecule has 0 saturated carbocycles. The van der Waals surface area contributed by atoms with Gasteiger partial charge in [-0.1, -0.05) is 18.2 Å². The first-order valence-electron chi connectivity index (χ1n) is 8.70. The quantitative estimate of drug-likeness (QED) is 0.819. The number of carbonyl (C=O) groups excluding carboxylic acids is 1. The fraction of sp³-hybridized carbons (Fsp3) is 0.300. The number of alkyl halides is 3. The van der Waals surface area contributed by atoms with E-state index in [9.17, 15) is 18.0 Å². The van der Waals surface area contributed by atoms with Gasteiger partial charge in [-0.05, 0) is 38.5 Å². The van der Waals surface area contributed by atoms with Gasteiger partial charge in [-0.2, -0.15) is 13.2 Å². The Labute approximate surface area is 160 Å². The number of fused-ring (bicyclic) bond motifs is 1. The number of pyridine rings is 1. The zero-order chi connectivity index (χ0) is 20.6. The lowest BCUT2D eigenvalue weighted by Gasteiger charge is -2.32. The van der Waals surface area contributed by atoms with Crippen molar-refractivity contribution in [1.29, 1.82) is 0 Å². The molecule has 0 saturated heterocycles. The number of amides is 1. The molecule has 2 aromatic rings. The predicted molar refractivity (Wildman–Crippen MR) is 98.8 cm³/mol. The number of hydrogen-bond acceptors (Lipinski definition) is 4. The van der Waals surface area contributed by atoms with Gasteiger partial charge >= 0.3 is 6.18 Å². The second-order valence-corrected chi connectivity index (χ2v) is 6.79. The Morgan fingerprint density at radius 1 is 1.25 bits per heavy atom. The van der Waals surface area contributed by atoms with Crippen molar-refractivity contribution >= 4 is 11.6 Å². The van der Waals surface area contributed by atoms with Gasteiger partial charge in [0, 0.05) is 34.6 Å². The van der Waals surface area contributed by atoms with Crippen LogP contribution < -0.4 is 15.8 Å². The first kappa shape index (κ1) is 19.7. The number of allylic oxidation sites excluding steroid dienone is 1. The number of primary amides is 1. The molecular formula is C20H20F3N3O2. The number of halogens is 3. The largest absolute Gasteiger partial charge is 0.475 e. The smallest absolute Gasteiger partial charge is 0.416 e. The number of ether oxygens (including phenoxy) is 1. The third kappa shape index (κ3) is 3.54. The molecule has 1 aromatic heterocycles. The number of anilines is 1. The fourth-order valence-corrected chi connectivity index (χ4v) is 3.43. The van der Waals surface area contributed by atoms with Crippen molar-refractivity contribution in [3.63, 3.8) is 0 Å². The number of nitrogens with two attached hydrogens (primary N) is 1. The molecule has 0 spiro atoms. The monoisotopic (exact) mass is 391 g/mol. The molecule has 28 heavy (non-hydrogen) atoms. The van der Waals surface area contributed by atoms with E-state index in [1.54, 1.807) is 26.8 Å². The van der Waals surface area contributed by atoms with Crippen LogP contribution in [0.3, 0.4) is 0 Å². The van der Waals surface area contributed by atoms with Gasteiger partial charge in [0.05, 0.1) is 11.7 Å². The highest BCUT2D eigenvalue weighted by molar-refractivity contribution is 5.97. The summed E-state index contributed by atoms with van der Waals surface area (Å²) in [5.74, 6) is -1.71. The molecule has 1 aliphatic heterocycles. The summed E-state index contributed by atoms with van der Waals surface area (Å²) in [5.41, 5.74) is 5.98. The molecule has 3 rings (SSSR count). The van der Waals surface area contributed by atoms with Crippen LogP contribution in [0.1, 0.15) is 43.4 Å². The summed E-state index contributed by atoms with van der Waals surface area (Å²) < 4.78 is 46.9. The van der Waals surface area contributed by atoms with Crippen molar-refractivity contribution in [2.45, 2.75) is 39.0 Å². The predicted octanol–water partition coefficient (Wildman–Crippen LogP) is 4.20. The van der Waals surface area contributed by atoms with Crippen LogP contribution in [0.5, 0.6) is 5.88 Å². The van der Waals surface area contributed by atoms with E-state index in [4.69, 9.17) is 10.5 Å². The van der Waals surface area contributed by atoms with Gasteiger partial charge < -0.3 is 15.8 Å². The van der Waals surface area contributed by atoms with Crippen LogP contribution in [0, 0.1) is 0 Å². The van der Waals surface area contributed by atoms with Crippen molar-refractivity contribution in [2.75, 3.05) is 5.32 Å². The maximum atomic E-state index is 13.7. The Bertz CT molecular complexity index is 952. The summed E-state index contributed by atoms with van der Waals surface area (Å²) >= 11 is 0. The van der Waals surface area contributed by atoms with Crippen LogP contribution in [0.2, 0.25) is 0 Å². The molecule has 3 N–H and O–H groups in total. The minimum Gasteiger partial charge on any atom is -0.475 e.